The van der Waals surface area contributed by atoms with Gasteiger partial charge in [0.25, 0.3) is 5.91 Å². The Morgan fingerprint density at radius 3 is 2.67 bits per heavy atom. The van der Waals surface area contributed by atoms with Crippen molar-refractivity contribution >= 4 is 34.3 Å². The minimum Gasteiger partial charge on any atom is -0.484 e. The maximum absolute atomic E-state index is 12.3. The fourth-order valence-electron chi connectivity index (χ4n) is 3.05. The van der Waals surface area contributed by atoms with Crippen LogP contribution in [-0.4, -0.2) is 17.5 Å². The number of anilines is 1. The van der Waals surface area contributed by atoms with E-state index in [4.69, 9.17) is 20.8 Å². The molecule has 30 heavy (non-hydrogen) atoms. The van der Waals surface area contributed by atoms with Gasteiger partial charge in [0.1, 0.15) is 11.3 Å². The molecular weight excluding hydrogens is 400 g/mol. The molecule has 1 N–H and O–H groups in total. The van der Waals surface area contributed by atoms with Crippen molar-refractivity contribution in [3.63, 3.8) is 0 Å². The van der Waals surface area contributed by atoms with Crippen LogP contribution in [0, 0.1) is 0 Å². The third-order valence-corrected chi connectivity index (χ3v) is 5.00. The summed E-state index contributed by atoms with van der Waals surface area (Å²) >= 11 is 6.38. The molecule has 0 saturated carbocycles. The summed E-state index contributed by atoms with van der Waals surface area (Å²) in [5.41, 5.74) is 3.85. The molecule has 3 aromatic carbocycles. The lowest BCUT2D eigenvalue weighted by Crippen LogP contribution is -2.20. The molecule has 0 atom stereocenters. The highest BCUT2D eigenvalue weighted by molar-refractivity contribution is 6.33. The minimum absolute atomic E-state index is 0.0944. The molecule has 0 aliphatic rings. The van der Waals surface area contributed by atoms with Gasteiger partial charge in [-0.05, 0) is 53.9 Å². The second-order valence-corrected chi connectivity index (χ2v) is 7.65. The molecule has 0 bridgehead atoms. The number of ether oxygens (including phenoxy) is 1. The molecule has 0 unspecified atom stereocenters. The number of benzene rings is 3. The van der Waals surface area contributed by atoms with E-state index in [2.05, 4.69) is 24.1 Å². The number of rotatable bonds is 6. The Morgan fingerprint density at radius 2 is 1.90 bits per heavy atom. The number of halogens is 1. The fraction of sp³-hybridized carbons (Fsp3) is 0.167. The van der Waals surface area contributed by atoms with Gasteiger partial charge in [0.05, 0.1) is 10.6 Å². The van der Waals surface area contributed by atoms with Crippen molar-refractivity contribution in [1.82, 2.24) is 4.98 Å². The first kappa shape index (κ1) is 20.0. The second-order valence-electron chi connectivity index (χ2n) is 7.25. The molecule has 5 nitrogen and oxygen atoms in total. The molecular formula is C24H21ClN2O3. The quantitative estimate of drug-likeness (QED) is 0.398. The molecule has 1 aromatic heterocycles. The number of aromatic nitrogens is 1. The highest BCUT2D eigenvalue weighted by atomic mass is 35.5. The normalized spacial score (nSPS) is 11.1. The predicted molar refractivity (Wildman–Crippen MR) is 119 cm³/mol. The van der Waals surface area contributed by atoms with Gasteiger partial charge in [-0.25, -0.2) is 4.98 Å². The molecule has 0 saturated heterocycles. The van der Waals surface area contributed by atoms with E-state index in [1.165, 1.54) is 5.56 Å². The highest BCUT2D eigenvalue weighted by Gasteiger charge is 2.14. The summed E-state index contributed by atoms with van der Waals surface area (Å²) in [5, 5.41) is 3.31. The van der Waals surface area contributed by atoms with Crippen molar-refractivity contribution in [2.45, 2.75) is 19.8 Å². The van der Waals surface area contributed by atoms with Gasteiger partial charge in [0.2, 0.25) is 5.89 Å². The van der Waals surface area contributed by atoms with Crippen LogP contribution in [0.15, 0.2) is 71.1 Å². The van der Waals surface area contributed by atoms with E-state index in [0.717, 1.165) is 5.52 Å². The lowest BCUT2D eigenvalue weighted by molar-refractivity contribution is -0.118. The van der Waals surface area contributed by atoms with E-state index < -0.39 is 0 Å². The Morgan fingerprint density at radius 1 is 1.10 bits per heavy atom. The summed E-state index contributed by atoms with van der Waals surface area (Å²) in [6.45, 7) is 4.17. The van der Waals surface area contributed by atoms with Crippen molar-refractivity contribution in [3.8, 4) is 17.2 Å². The van der Waals surface area contributed by atoms with Crippen LogP contribution < -0.4 is 10.1 Å². The fourth-order valence-corrected chi connectivity index (χ4v) is 3.25. The molecule has 1 amide bonds. The van der Waals surface area contributed by atoms with E-state index in [0.29, 0.717) is 39.4 Å². The first-order chi connectivity index (χ1) is 14.5. The minimum atomic E-state index is -0.272. The zero-order valence-corrected chi connectivity index (χ0v) is 17.4. The van der Waals surface area contributed by atoms with Gasteiger partial charge >= 0.3 is 0 Å². The SMILES string of the molecule is CC(C)c1ccc2oc(-c3cc(NC(=O)COc4ccccc4)ccc3Cl)nc2c1. The van der Waals surface area contributed by atoms with Gasteiger partial charge in [0, 0.05) is 5.69 Å². The molecule has 0 radical (unpaired) electrons. The number of oxazole rings is 1. The molecule has 0 aliphatic carbocycles. The predicted octanol–water partition coefficient (Wildman–Crippen LogP) is 6.29. The van der Waals surface area contributed by atoms with Crippen molar-refractivity contribution in [1.29, 1.82) is 0 Å². The van der Waals surface area contributed by atoms with E-state index in [1.807, 2.05) is 36.4 Å². The topological polar surface area (TPSA) is 64.4 Å². The van der Waals surface area contributed by atoms with Crippen molar-refractivity contribution in [2.24, 2.45) is 0 Å². The number of hydrogen-bond acceptors (Lipinski definition) is 4. The average molecular weight is 421 g/mol. The first-order valence-electron chi connectivity index (χ1n) is 9.68. The standard InChI is InChI=1S/C24H21ClN2O3/c1-15(2)16-8-11-22-21(12-16)27-24(30-22)19-13-17(9-10-20(19)25)26-23(28)14-29-18-6-4-3-5-7-18/h3-13,15H,14H2,1-2H3,(H,26,28). The number of fused-ring (bicyclic) bond motifs is 1. The molecule has 6 heteroatoms. The van der Waals surface area contributed by atoms with Crippen molar-refractivity contribution in [2.75, 3.05) is 11.9 Å². The van der Waals surface area contributed by atoms with Crippen LogP contribution in [0.4, 0.5) is 5.69 Å². The molecule has 4 aromatic rings. The lowest BCUT2D eigenvalue weighted by atomic mass is 10.0. The summed E-state index contributed by atoms with van der Waals surface area (Å²) in [6, 6.07) is 20.3. The van der Waals surface area contributed by atoms with Gasteiger partial charge < -0.3 is 14.5 Å². The number of nitrogens with zero attached hydrogens (tertiary/aromatic N) is 1. The third-order valence-electron chi connectivity index (χ3n) is 4.67. The summed E-state index contributed by atoms with van der Waals surface area (Å²) < 4.78 is 11.4. The smallest absolute Gasteiger partial charge is 0.262 e. The van der Waals surface area contributed by atoms with Gasteiger partial charge in [-0.2, -0.15) is 0 Å². The maximum atomic E-state index is 12.3. The van der Waals surface area contributed by atoms with Gasteiger partial charge in [-0.1, -0.05) is 49.7 Å². The van der Waals surface area contributed by atoms with Crippen LogP contribution in [-0.2, 0) is 4.79 Å². The Bertz CT molecular complexity index is 1190. The summed E-state index contributed by atoms with van der Waals surface area (Å²) in [6.07, 6.45) is 0. The van der Waals surface area contributed by atoms with E-state index >= 15 is 0 Å². The van der Waals surface area contributed by atoms with Crippen LogP contribution in [0.25, 0.3) is 22.6 Å². The maximum Gasteiger partial charge on any atom is 0.262 e. The largest absolute Gasteiger partial charge is 0.484 e. The molecule has 1 heterocycles. The Kier molecular flexibility index (Phi) is 5.72. The molecule has 0 spiro atoms. The number of nitrogens with one attached hydrogen (secondary N) is 1. The van der Waals surface area contributed by atoms with E-state index in [9.17, 15) is 4.79 Å². The monoisotopic (exact) mass is 420 g/mol. The van der Waals surface area contributed by atoms with Crippen LogP contribution in [0.1, 0.15) is 25.3 Å². The van der Waals surface area contributed by atoms with Gasteiger partial charge in [-0.3, -0.25) is 4.79 Å². The van der Waals surface area contributed by atoms with Crippen LogP contribution >= 0.6 is 11.6 Å². The average Bonchev–Trinajstić information content (AvgIpc) is 3.17. The van der Waals surface area contributed by atoms with Gasteiger partial charge in [0.15, 0.2) is 12.2 Å². The Balaban J connectivity index is 1.53. The second kappa shape index (κ2) is 8.59. The molecule has 0 fully saturated rings. The van der Waals surface area contributed by atoms with Crippen molar-refractivity contribution in [3.05, 3.63) is 77.3 Å². The number of carbonyl (C=O) groups excluding carboxylic acids is 1. The van der Waals surface area contributed by atoms with E-state index in [1.54, 1.807) is 30.3 Å². The Hall–Kier alpha value is -3.31. The molecule has 0 aliphatic heterocycles. The number of hydrogen-bond donors (Lipinski definition) is 1. The summed E-state index contributed by atoms with van der Waals surface area (Å²) in [7, 11) is 0. The lowest BCUT2D eigenvalue weighted by Gasteiger charge is -2.09. The highest BCUT2D eigenvalue weighted by Crippen LogP contribution is 2.33. The first-order valence-corrected chi connectivity index (χ1v) is 10.1. The third kappa shape index (κ3) is 4.47. The van der Waals surface area contributed by atoms with Crippen LogP contribution in [0.2, 0.25) is 5.02 Å². The molecule has 152 valence electrons. The van der Waals surface area contributed by atoms with Crippen LogP contribution in [0.5, 0.6) is 5.75 Å². The summed E-state index contributed by atoms with van der Waals surface area (Å²) in [4.78, 5) is 16.8. The number of carbonyl (C=O) groups is 1. The Labute approximate surface area is 179 Å². The number of amides is 1. The summed E-state index contributed by atoms with van der Waals surface area (Å²) in [5.74, 6) is 1.17. The number of para-hydroxylation sites is 1. The van der Waals surface area contributed by atoms with Crippen LogP contribution in [0.3, 0.4) is 0 Å². The van der Waals surface area contributed by atoms with Gasteiger partial charge in [-0.15, -0.1) is 0 Å². The zero-order valence-electron chi connectivity index (χ0n) is 16.7. The molecule has 4 rings (SSSR count). The van der Waals surface area contributed by atoms with E-state index in [-0.39, 0.29) is 12.5 Å². The zero-order chi connectivity index (χ0) is 21.1. The van der Waals surface area contributed by atoms with Crippen molar-refractivity contribution < 1.29 is 13.9 Å².